The van der Waals surface area contributed by atoms with E-state index in [1.807, 2.05) is 17.8 Å². The maximum Gasteiger partial charge on any atom is 0.227 e. The number of thioether (sulfide) groups is 1. The van der Waals surface area contributed by atoms with Crippen molar-refractivity contribution >= 4 is 40.3 Å². The number of nitrogens with one attached hydrogen (secondary N) is 2. The number of aromatic nitrogens is 2. The van der Waals surface area contributed by atoms with Crippen LogP contribution in [0.15, 0.2) is 41.5 Å². The first-order valence-electron chi connectivity index (χ1n) is 8.48. The Labute approximate surface area is 155 Å². The first kappa shape index (κ1) is 17.0. The van der Waals surface area contributed by atoms with E-state index in [9.17, 15) is 4.39 Å². The average Bonchev–Trinajstić information content (AvgIpc) is 2.71. The van der Waals surface area contributed by atoms with Crippen LogP contribution >= 0.6 is 11.8 Å². The van der Waals surface area contributed by atoms with Gasteiger partial charge in [0.1, 0.15) is 11.6 Å². The lowest BCUT2D eigenvalue weighted by Crippen LogP contribution is -2.44. The summed E-state index contributed by atoms with van der Waals surface area (Å²) >= 11 is 1.64. The zero-order valence-electron chi connectivity index (χ0n) is 14.2. The Hall–Kier alpha value is -2.45. The summed E-state index contributed by atoms with van der Waals surface area (Å²) in [5, 5.41) is 6.60. The Morgan fingerprint density at radius 1 is 1.12 bits per heavy atom. The molecule has 0 radical (unpaired) electrons. The van der Waals surface area contributed by atoms with E-state index in [4.69, 9.17) is 4.98 Å². The lowest BCUT2D eigenvalue weighted by molar-refractivity contribution is 0.580. The van der Waals surface area contributed by atoms with Crippen molar-refractivity contribution in [1.29, 1.82) is 0 Å². The van der Waals surface area contributed by atoms with E-state index in [1.165, 1.54) is 12.1 Å². The van der Waals surface area contributed by atoms with Gasteiger partial charge in [-0.1, -0.05) is 0 Å². The molecule has 1 fully saturated rings. The van der Waals surface area contributed by atoms with Crippen molar-refractivity contribution < 1.29 is 4.39 Å². The standard InChI is InChI=1S/C18H19FN6S/c19-14-1-3-15(4-2-14)22-17-9-16(13-10-21-12-26-11-13)23-18(24-17)25-7-5-20-6-8-25/h1-4,9-10,12,20H,5-8,11H2,(H,22,23,24). The van der Waals surface area contributed by atoms with Gasteiger partial charge >= 0.3 is 0 Å². The molecule has 2 aliphatic heterocycles. The molecule has 6 nitrogen and oxygen atoms in total. The van der Waals surface area contributed by atoms with Crippen LogP contribution in [0.5, 0.6) is 0 Å². The summed E-state index contributed by atoms with van der Waals surface area (Å²) in [5.74, 6) is 1.96. The van der Waals surface area contributed by atoms with Gasteiger partial charge in [-0.3, -0.25) is 4.99 Å². The summed E-state index contributed by atoms with van der Waals surface area (Å²) in [6.45, 7) is 3.56. The van der Waals surface area contributed by atoms with Gasteiger partial charge in [0.05, 0.1) is 11.2 Å². The predicted molar refractivity (Wildman–Crippen MR) is 106 cm³/mol. The van der Waals surface area contributed by atoms with Crippen molar-refractivity contribution in [2.75, 3.05) is 42.1 Å². The molecule has 0 amide bonds. The highest BCUT2D eigenvalue weighted by molar-refractivity contribution is 8.12. The SMILES string of the molecule is Fc1ccc(Nc2cc(C3=CN=CSC3)nc(N3CCNCC3)n2)cc1. The topological polar surface area (TPSA) is 65.4 Å². The second kappa shape index (κ2) is 7.84. The maximum absolute atomic E-state index is 13.2. The summed E-state index contributed by atoms with van der Waals surface area (Å²) in [7, 11) is 0. The van der Waals surface area contributed by atoms with Crippen LogP contribution in [0.1, 0.15) is 5.69 Å². The van der Waals surface area contributed by atoms with Gasteiger partial charge in [0.2, 0.25) is 5.95 Å². The molecular weight excluding hydrogens is 351 g/mol. The molecule has 0 saturated carbocycles. The van der Waals surface area contributed by atoms with Crippen LogP contribution in [-0.2, 0) is 0 Å². The van der Waals surface area contributed by atoms with Gasteiger partial charge in [-0.25, -0.2) is 9.37 Å². The minimum absolute atomic E-state index is 0.261. The zero-order valence-corrected chi connectivity index (χ0v) is 15.0. The van der Waals surface area contributed by atoms with E-state index in [1.54, 1.807) is 23.9 Å². The molecule has 0 aliphatic carbocycles. The number of benzene rings is 1. The summed E-state index contributed by atoms with van der Waals surface area (Å²) in [6.07, 6.45) is 1.85. The molecule has 1 aromatic heterocycles. The summed E-state index contributed by atoms with van der Waals surface area (Å²) < 4.78 is 13.2. The fourth-order valence-corrected chi connectivity index (χ4v) is 3.44. The normalized spacial score (nSPS) is 17.1. The van der Waals surface area contributed by atoms with Gasteiger partial charge in [-0.15, -0.1) is 11.8 Å². The van der Waals surface area contributed by atoms with Crippen LogP contribution in [0.2, 0.25) is 0 Å². The van der Waals surface area contributed by atoms with Crippen molar-refractivity contribution in [1.82, 2.24) is 15.3 Å². The lowest BCUT2D eigenvalue weighted by Gasteiger charge is -2.28. The van der Waals surface area contributed by atoms with Gasteiger partial charge in [0.15, 0.2) is 0 Å². The van der Waals surface area contributed by atoms with Gasteiger partial charge in [-0.2, -0.15) is 4.98 Å². The number of nitrogens with zero attached hydrogens (tertiary/aromatic N) is 4. The van der Waals surface area contributed by atoms with Crippen molar-refractivity contribution in [3.05, 3.63) is 48.0 Å². The summed E-state index contributed by atoms with van der Waals surface area (Å²) in [5.41, 5.74) is 4.55. The van der Waals surface area contributed by atoms with Crippen LogP contribution in [-0.4, -0.2) is 47.4 Å². The summed E-state index contributed by atoms with van der Waals surface area (Å²) in [6, 6.07) is 8.17. The van der Waals surface area contributed by atoms with Crippen molar-refractivity contribution in [3.8, 4) is 0 Å². The number of hydrogen-bond donors (Lipinski definition) is 2. The van der Waals surface area contributed by atoms with Crippen LogP contribution in [0.4, 0.5) is 21.8 Å². The third-order valence-corrected chi connectivity index (χ3v) is 4.91. The molecule has 3 heterocycles. The molecule has 0 atom stereocenters. The van der Waals surface area contributed by atoms with E-state index >= 15 is 0 Å². The van der Waals surface area contributed by atoms with Crippen LogP contribution in [0.3, 0.4) is 0 Å². The Balaban J connectivity index is 1.68. The number of aliphatic imine (C=N–C) groups is 1. The number of rotatable bonds is 4. The minimum Gasteiger partial charge on any atom is -0.340 e. The van der Waals surface area contributed by atoms with E-state index in [-0.39, 0.29) is 5.82 Å². The van der Waals surface area contributed by atoms with Crippen LogP contribution < -0.4 is 15.5 Å². The Morgan fingerprint density at radius 2 is 1.92 bits per heavy atom. The smallest absolute Gasteiger partial charge is 0.227 e. The quantitative estimate of drug-likeness (QED) is 0.863. The van der Waals surface area contributed by atoms with E-state index < -0.39 is 0 Å². The second-order valence-electron chi connectivity index (χ2n) is 6.03. The molecule has 1 aromatic carbocycles. The van der Waals surface area contributed by atoms with Gasteiger partial charge in [-0.05, 0) is 24.3 Å². The van der Waals surface area contributed by atoms with Crippen molar-refractivity contribution in [2.45, 2.75) is 0 Å². The zero-order chi connectivity index (χ0) is 17.8. The number of halogens is 1. The summed E-state index contributed by atoms with van der Waals surface area (Å²) in [4.78, 5) is 15.9. The molecule has 0 unspecified atom stereocenters. The molecule has 1 saturated heterocycles. The Morgan fingerprint density at radius 3 is 2.65 bits per heavy atom. The molecular formula is C18H19FN6S. The average molecular weight is 370 g/mol. The molecule has 2 aliphatic rings. The molecule has 26 heavy (non-hydrogen) atoms. The predicted octanol–water partition coefficient (Wildman–Crippen LogP) is 2.88. The molecule has 2 aromatic rings. The molecule has 0 bridgehead atoms. The monoisotopic (exact) mass is 370 g/mol. The van der Waals surface area contributed by atoms with Gasteiger partial charge in [0, 0.05) is 55.5 Å². The largest absolute Gasteiger partial charge is 0.340 e. The highest BCUT2D eigenvalue weighted by Gasteiger charge is 2.17. The van der Waals surface area contributed by atoms with Gasteiger partial charge in [0.25, 0.3) is 0 Å². The number of anilines is 3. The van der Waals surface area contributed by atoms with Crippen LogP contribution in [0.25, 0.3) is 5.57 Å². The molecule has 134 valence electrons. The van der Waals surface area contributed by atoms with Crippen molar-refractivity contribution in [2.24, 2.45) is 4.99 Å². The second-order valence-corrected chi connectivity index (χ2v) is 6.86. The fraction of sp³-hybridized carbons (Fsp3) is 0.278. The number of hydrogen-bond acceptors (Lipinski definition) is 7. The highest BCUT2D eigenvalue weighted by atomic mass is 32.2. The fourth-order valence-electron chi connectivity index (χ4n) is 2.82. The lowest BCUT2D eigenvalue weighted by atomic mass is 10.2. The molecule has 8 heteroatoms. The first-order valence-corrected chi connectivity index (χ1v) is 9.53. The first-order chi connectivity index (χ1) is 12.8. The Bertz CT molecular complexity index is 830. The highest BCUT2D eigenvalue weighted by Crippen LogP contribution is 2.26. The molecule has 4 rings (SSSR count). The van der Waals surface area contributed by atoms with E-state index in [0.717, 1.165) is 48.9 Å². The van der Waals surface area contributed by atoms with E-state index in [2.05, 4.69) is 25.5 Å². The third kappa shape index (κ3) is 4.03. The Kier molecular flexibility index (Phi) is 5.12. The third-order valence-electron chi connectivity index (χ3n) is 4.16. The molecule has 0 spiro atoms. The van der Waals surface area contributed by atoms with E-state index in [0.29, 0.717) is 11.8 Å². The van der Waals surface area contributed by atoms with Crippen LogP contribution in [0, 0.1) is 5.82 Å². The maximum atomic E-state index is 13.2. The van der Waals surface area contributed by atoms with Crippen molar-refractivity contribution in [3.63, 3.8) is 0 Å². The van der Waals surface area contributed by atoms with Gasteiger partial charge < -0.3 is 15.5 Å². The minimum atomic E-state index is -0.261. The number of piperazine rings is 1. The molecule has 2 N–H and O–H groups in total.